The van der Waals surface area contributed by atoms with Crippen molar-refractivity contribution in [3.63, 3.8) is 0 Å². The average Bonchev–Trinajstić information content (AvgIpc) is 3.39. The second kappa shape index (κ2) is 13.5. The van der Waals surface area contributed by atoms with Gasteiger partial charge in [-0.2, -0.15) is 0 Å². The van der Waals surface area contributed by atoms with Crippen LogP contribution in [0.5, 0.6) is 0 Å². The van der Waals surface area contributed by atoms with Crippen molar-refractivity contribution in [2.24, 2.45) is 5.41 Å². The Labute approximate surface area is 249 Å². The van der Waals surface area contributed by atoms with Gasteiger partial charge in [0.2, 0.25) is 23.6 Å². The summed E-state index contributed by atoms with van der Waals surface area (Å²) in [5.74, 6) is -0.910. The SMILES string of the molecule is CN[C@@H](C)C(=O)N[C@H]1CN(C(=O)CC(C)(C)C)CC[C@H]2CC[C@@H](C(=O)NC(c3ccccc3)c3ccccc3)N2C1=O. The van der Waals surface area contributed by atoms with Gasteiger partial charge in [-0.15, -0.1) is 0 Å². The Morgan fingerprint density at radius 1 is 0.929 bits per heavy atom. The number of carbonyl (C=O) groups excluding carboxylic acids is 4. The molecular weight excluding hydrogens is 530 g/mol. The van der Waals surface area contributed by atoms with Crippen LogP contribution in [0.4, 0.5) is 0 Å². The highest BCUT2D eigenvalue weighted by Crippen LogP contribution is 2.31. The summed E-state index contributed by atoms with van der Waals surface area (Å²) in [6.45, 7) is 8.27. The molecule has 3 N–H and O–H groups in total. The van der Waals surface area contributed by atoms with Crippen molar-refractivity contribution in [3.8, 4) is 0 Å². The van der Waals surface area contributed by atoms with Crippen LogP contribution in [0.1, 0.15) is 70.5 Å². The number of rotatable bonds is 8. The van der Waals surface area contributed by atoms with Crippen molar-refractivity contribution in [2.75, 3.05) is 20.1 Å². The van der Waals surface area contributed by atoms with Gasteiger partial charge in [-0.3, -0.25) is 19.2 Å². The molecule has 0 aliphatic carbocycles. The van der Waals surface area contributed by atoms with Crippen molar-refractivity contribution >= 4 is 23.6 Å². The molecule has 226 valence electrons. The monoisotopic (exact) mass is 575 g/mol. The molecular formula is C33H45N5O4. The number of fused-ring (bicyclic) bond motifs is 1. The van der Waals surface area contributed by atoms with E-state index in [9.17, 15) is 19.2 Å². The molecule has 0 unspecified atom stereocenters. The van der Waals surface area contributed by atoms with Crippen molar-refractivity contribution in [2.45, 2.75) is 83.6 Å². The van der Waals surface area contributed by atoms with Crippen LogP contribution in [-0.4, -0.2) is 77.7 Å². The fourth-order valence-corrected chi connectivity index (χ4v) is 5.85. The molecule has 2 aliphatic heterocycles. The molecule has 0 bridgehead atoms. The number of carbonyl (C=O) groups is 4. The van der Waals surface area contributed by atoms with E-state index in [1.54, 1.807) is 23.8 Å². The fraction of sp³-hybridized carbons (Fsp3) is 0.515. The first kappa shape index (κ1) is 31.2. The number of nitrogens with one attached hydrogen (secondary N) is 3. The third kappa shape index (κ3) is 7.56. The lowest BCUT2D eigenvalue weighted by molar-refractivity contribution is -0.147. The Morgan fingerprint density at radius 2 is 1.52 bits per heavy atom. The molecule has 2 aromatic rings. The first-order valence-electron chi connectivity index (χ1n) is 15.0. The van der Waals surface area contributed by atoms with Gasteiger partial charge in [-0.1, -0.05) is 81.4 Å². The van der Waals surface area contributed by atoms with E-state index in [0.717, 1.165) is 11.1 Å². The van der Waals surface area contributed by atoms with Crippen LogP contribution < -0.4 is 16.0 Å². The summed E-state index contributed by atoms with van der Waals surface area (Å²) in [7, 11) is 1.68. The lowest BCUT2D eigenvalue weighted by Gasteiger charge is -2.39. The normalized spacial score (nSPS) is 21.8. The number of benzene rings is 2. The van der Waals surface area contributed by atoms with Crippen molar-refractivity contribution < 1.29 is 19.2 Å². The van der Waals surface area contributed by atoms with Gasteiger partial charge in [0.15, 0.2) is 0 Å². The van der Waals surface area contributed by atoms with Gasteiger partial charge in [0.1, 0.15) is 12.1 Å². The summed E-state index contributed by atoms with van der Waals surface area (Å²) in [6.07, 6.45) is 2.09. The van der Waals surface area contributed by atoms with Crippen LogP contribution in [0.15, 0.2) is 60.7 Å². The van der Waals surface area contributed by atoms with Crippen LogP contribution in [0, 0.1) is 5.41 Å². The molecule has 2 aliphatic rings. The number of amides is 4. The standard InChI is InChI=1S/C33H45N5O4/c1-22(34-5)30(40)35-26-21-37(28(39)20-33(2,3)4)19-18-25-16-17-27(38(25)32(26)42)31(41)36-29(23-12-8-6-9-13-23)24-14-10-7-11-15-24/h6-15,22,25-27,29,34H,16-21H2,1-5H3,(H,35,40)(H,36,41)/t22-,25+,26-,27-/m0/s1. The summed E-state index contributed by atoms with van der Waals surface area (Å²) in [5.41, 5.74) is 1.69. The minimum atomic E-state index is -0.951. The molecule has 4 rings (SSSR count). The van der Waals surface area contributed by atoms with Crippen molar-refractivity contribution in [1.82, 2.24) is 25.8 Å². The molecule has 9 nitrogen and oxygen atoms in total. The molecule has 0 saturated carbocycles. The summed E-state index contributed by atoms with van der Waals surface area (Å²) < 4.78 is 0. The van der Waals surface area contributed by atoms with E-state index in [0.29, 0.717) is 32.2 Å². The van der Waals surface area contributed by atoms with E-state index >= 15 is 0 Å². The minimum absolute atomic E-state index is 0.0366. The smallest absolute Gasteiger partial charge is 0.247 e. The number of likely N-dealkylation sites (N-methyl/N-ethyl adjacent to an activating group) is 1. The largest absolute Gasteiger partial charge is 0.343 e. The van der Waals surface area contributed by atoms with Gasteiger partial charge in [0.05, 0.1) is 12.1 Å². The lowest BCUT2D eigenvalue weighted by Crippen LogP contribution is -2.62. The van der Waals surface area contributed by atoms with E-state index in [1.807, 2.05) is 81.4 Å². The van der Waals surface area contributed by atoms with Crippen molar-refractivity contribution in [3.05, 3.63) is 71.8 Å². The highest BCUT2D eigenvalue weighted by atomic mass is 16.2. The van der Waals surface area contributed by atoms with Crippen LogP contribution in [0.3, 0.4) is 0 Å². The molecule has 2 saturated heterocycles. The first-order valence-corrected chi connectivity index (χ1v) is 15.0. The number of nitrogens with zero attached hydrogens (tertiary/aromatic N) is 2. The van der Waals surface area contributed by atoms with Gasteiger partial charge in [-0.05, 0) is 49.8 Å². The van der Waals surface area contributed by atoms with Crippen LogP contribution in [0.25, 0.3) is 0 Å². The molecule has 4 amide bonds. The topological polar surface area (TPSA) is 111 Å². The average molecular weight is 576 g/mol. The molecule has 0 spiro atoms. The molecule has 42 heavy (non-hydrogen) atoms. The van der Waals surface area contributed by atoms with Gasteiger partial charge < -0.3 is 25.8 Å². The maximum Gasteiger partial charge on any atom is 0.247 e. The van der Waals surface area contributed by atoms with Gasteiger partial charge >= 0.3 is 0 Å². The van der Waals surface area contributed by atoms with Gasteiger partial charge in [0.25, 0.3) is 0 Å². The van der Waals surface area contributed by atoms with E-state index in [4.69, 9.17) is 0 Å². The second-order valence-electron chi connectivity index (χ2n) is 12.7. The fourth-order valence-electron chi connectivity index (χ4n) is 5.85. The zero-order chi connectivity index (χ0) is 30.4. The maximum atomic E-state index is 14.2. The molecule has 2 heterocycles. The summed E-state index contributed by atoms with van der Waals surface area (Å²) >= 11 is 0. The van der Waals surface area contributed by atoms with Crippen LogP contribution >= 0.6 is 0 Å². The van der Waals surface area contributed by atoms with Crippen molar-refractivity contribution in [1.29, 1.82) is 0 Å². The quantitative estimate of drug-likeness (QED) is 0.448. The molecule has 9 heteroatoms. The number of hydrogen-bond donors (Lipinski definition) is 3. The Bertz CT molecular complexity index is 1210. The summed E-state index contributed by atoms with van der Waals surface area (Å²) in [4.78, 5) is 57.7. The predicted molar refractivity (Wildman–Crippen MR) is 162 cm³/mol. The Hall–Kier alpha value is -3.72. The Kier molecular flexibility index (Phi) is 10.0. The number of hydrogen-bond acceptors (Lipinski definition) is 5. The molecule has 0 radical (unpaired) electrons. The zero-order valence-electron chi connectivity index (χ0n) is 25.4. The van der Waals surface area contributed by atoms with Crippen LogP contribution in [0.2, 0.25) is 0 Å². The highest BCUT2D eigenvalue weighted by Gasteiger charge is 2.46. The molecule has 2 fully saturated rings. The zero-order valence-corrected chi connectivity index (χ0v) is 25.4. The Balaban J connectivity index is 1.60. The van der Waals surface area contributed by atoms with E-state index in [1.165, 1.54) is 0 Å². The molecule has 0 aromatic heterocycles. The van der Waals surface area contributed by atoms with E-state index in [-0.39, 0.29) is 47.7 Å². The highest BCUT2D eigenvalue weighted by molar-refractivity contribution is 5.94. The maximum absolute atomic E-state index is 14.2. The second-order valence-corrected chi connectivity index (χ2v) is 12.7. The van der Waals surface area contributed by atoms with Gasteiger partial charge in [0, 0.05) is 25.6 Å². The minimum Gasteiger partial charge on any atom is -0.343 e. The Morgan fingerprint density at radius 3 is 2.07 bits per heavy atom. The third-order valence-electron chi connectivity index (χ3n) is 8.22. The van der Waals surface area contributed by atoms with Crippen LogP contribution in [-0.2, 0) is 19.2 Å². The first-order chi connectivity index (χ1) is 20.0. The molecule has 4 atom stereocenters. The summed E-state index contributed by atoms with van der Waals surface area (Å²) in [6, 6.07) is 16.8. The third-order valence-corrected chi connectivity index (χ3v) is 8.22. The molecule has 2 aromatic carbocycles. The van der Waals surface area contributed by atoms with E-state index in [2.05, 4.69) is 16.0 Å². The predicted octanol–water partition coefficient (Wildman–Crippen LogP) is 3.01. The van der Waals surface area contributed by atoms with E-state index < -0.39 is 18.1 Å². The van der Waals surface area contributed by atoms with Gasteiger partial charge in [-0.25, -0.2) is 0 Å². The lowest BCUT2D eigenvalue weighted by atomic mass is 9.91. The summed E-state index contributed by atoms with van der Waals surface area (Å²) in [5, 5.41) is 9.01.